The van der Waals surface area contributed by atoms with Crippen LogP contribution in [0.5, 0.6) is 5.75 Å². The van der Waals surface area contributed by atoms with Gasteiger partial charge in [-0.15, -0.1) is 0 Å². The van der Waals surface area contributed by atoms with Crippen LogP contribution in [0.3, 0.4) is 0 Å². The highest BCUT2D eigenvalue weighted by molar-refractivity contribution is 5.99. The zero-order chi connectivity index (χ0) is 22.8. The van der Waals surface area contributed by atoms with Gasteiger partial charge in [0, 0.05) is 29.1 Å². The first-order valence-corrected chi connectivity index (χ1v) is 10.1. The molecule has 2 aliphatic heterocycles. The fourth-order valence-corrected chi connectivity index (χ4v) is 4.42. The third kappa shape index (κ3) is 3.15. The quantitative estimate of drug-likeness (QED) is 0.625. The summed E-state index contributed by atoms with van der Waals surface area (Å²) in [5, 5.41) is 0.802. The number of nitrogens with zero attached hydrogens (tertiary/aromatic N) is 2. The molecule has 1 aromatic heterocycles. The summed E-state index contributed by atoms with van der Waals surface area (Å²) in [6.07, 6.45) is -4.62. The van der Waals surface area contributed by atoms with Crippen LogP contribution in [-0.2, 0) is 17.5 Å². The number of carbonyl (C=O) groups is 1. The molecule has 2 atom stereocenters. The van der Waals surface area contributed by atoms with Crippen molar-refractivity contribution in [3.05, 3.63) is 64.2 Å². The van der Waals surface area contributed by atoms with Gasteiger partial charge in [0.25, 0.3) is 5.91 Å². The van der Waals surface area contributed by atoms with E-state index in [1.807, 2.05) is 6.92 Å². The van der Waals surface area contributed by atoms with E-state index in [4.69, 9.17) is 15.2 Å². The summed E-state index contributed by atoms with van der Waals surface area (Å²) in [5.74, 6) is 0.294. The van der Waals surface area contributed by atoms with E-state index in [0.717, 1.165) is 28.6 Å². The predicted octanol–water partition coefficient (Wildman–Crippen LogP) is 4.63. The van der Waals surface area contributed by atoms with Crippen LogP contribution in [0.15, 0.2) is 36.4 Å². The third-order valence-corrected chi connectivity index (χ3v) is 6.18. The van der Waals surface area contributed by atoms with E-state index >= 15 is 0 Å². The van der Waals surface area contributed by atoms with Crippen LogP contribution in [-0.4, -0.2) is 29.4 Å². The third-order valence-electron chi connectivity index (χ3n) is 6.18. The number of alkyl halides is 3. The monoisotopic (exact) mass is 443 g/mol. The molecule has 0 saturated carbocycles. The number of fused-ring (bicyclic) bond motifs is 4. The number of rotatable bonds is 2. The lowest BCUT2D eigenvalue weighted by molar-refractivity contribution is -0.137. The van der Waals surface area contributed by atoms with Gasteiger partial charge in [0.1, 0.15) is 18.2 Å². The smallest absolute Gasteiger partial charge is 0.416 e. The summed E-state index contributed by atoms with van der Waals surface area (Å²) in [6, 6.07) is 8.05. The van der Waals surface area contributed by atoms with E-state index in [-0.39, 0.29) is 24.4 Å². The Bertz CT molecular complexity index is 1260. The van der Waals surface area contributed by atoms with E-state index < -0.39 is 17.8 Å². The average Bonchev–Trinajstić information content (AvgIpc) is 3.36. The highest BCUT2D eigenvalue weighted by Crippen LogP contribution is 2.41. The van der Waals surface area contributed by atoms with Crippen molar-refractivity contribution in [2.75, 3.05) is 19.4 Å². The van der Waals surface area contributed by atoms with Crippen molar-refractivity contribution >= 4 is 22.6 Å². The van der Waals surface area contributed by atoms with E-state index in [2.05, 4.69) is 4.98 Å². The van der Waals surface area contributed by atoms with Crippen LogP contribution < -0.4 is 10.5 Å². The van der Waals surface area contributed by atoms with Gasteiger partial charge in [-0.1, -0.05) is 6.07 Å². The molecule has 1 unspecified atom stereocenters. The highest BCUT2D eigenvalue weighted by atomic mass is 19.4. The van der Waals surface area contributed by atoms with Crippen molar-refractivity contribution in [2.24, 2.45) is 0 Å². The van der Waals surface area contributed by atoms with Gasteiger partial charge in [-0.3, -0.25) is 4.79 Å². The van der Waals surface area contributed by atoms with Gasteiger partial charge in [0.15, 0.2) is 0 Å². The lowest BCUT2D eigenvalue weighted by atomic mass is 9.98. The normalized spacial score (nSPS) is 19.5. The average molecular weight is 443 g/mol. The summed E-state index contributed by atoms with van der Waals surface area (Å²) in [7, 11) is 1.62. The lowest BCUT2D eigenvalue weighted by Gasteiger charge is -2.24. The first-order valence-electron chi connectivity index (χ1n) is 10.1. The van der Waals surface area contributed by atoms with E-state index in [0.29, 0.717) is 29.1 Å². The number of amides is 1. The van der Waals surface area contributed by atoms with Gasteiger partial charge in [0.2, 0.25) is 0 Å². The second kappa shape index (κ2) is 7.09. The minimum Gasteiger partial charge on any atom is -0.491 e. The molecule has 166 valence electrons. The van der Waals surface area contributed by atoms with Crippen LogP contribution in [0.25, 0.3) is 10.9 Å². The van der Waals surface area contributed by atoms with Crippen molar-refractivity contribution in [3.8, 4) is 5.75 Å². The number of nitrogens with two attached hydrogens (primary N) is 1. The molecular weight excluding hydrogens is 423 g/mol. The Morgan fingerprint density at radius 3 is 2.75 bits per heavy atom. The Balaban J connectivity index is 1.48. The van der Waals surface area contributed by atoms with Gasteiger partial charge >= 0.3 is 6.18 Å². The van der Waals surface area contributed by atoms with E-state index in [1.165, 1.54) is 11.0 Å². The number of hydrogen-bond acceptors (Lipinski definition) is 5. The number of halogens is 3. The molecule has 6 nitrogen and oxygen atoms in total. The number of pyridine rings is 1. The lowest BCUT2D eigenvalue weighted by Crippen LogP contribution is -2.32. The van der Waals surface area contributed by atoms with Crippen molar-refractivity contribution in [2.45, 2.75) is 31.9 Å². The number of aromatic nitrogens is 1. The molecule has 2 aromatic carbocycles. The number of nitrogen functional groups attached to an aromatic ring is 1. The largest absolute Gasteiger partial charge is 0.491 e. The van der Waals surface area contributed by atoms with Crippen LogP contribution >= 0.6 is 0 Å². The molecule has 32 heavy (non-hydrogen) atoms. The first kappa shape index (κ1) is 20.6. The Kier molecular flexibility index (Phi) is 4.56. The first-order chi connectivity index (χ1) is 15.1. The second-order valence-corrected chi connectivity index (χ2v) is 8.07. The number of anilines is 1. The van der Waals surface area contributed by atoms with Crippen LogP contribution in [0, 0.1) is 0 Å². The van der Waals surface area contributed by atoms with Gasteiger partial charge in [-0.2, -0.15) is 13.2 Å². The fourth-order valence-electron chi connectivity index (χ4n) is 4.42. The standard InChI is InChI=1S/C23H20F3N3O3/c1-11-20-15-7-12(3-6-17(15)28-21(27)16(20)9-31-11)22(30)29(2)18-10-32-19-8-13(23(24,25)26)4-5-14(18)19/h3-8,11,18H,9-10H2,1-2H3,(H2,27,28)/t11-,18?/m0/s1. The maximum absolute atomic E-state index is 13.3. The van der Waals surface area contributed by atoms with Gasteiger partial charge in [-0.25, -0.2) is 4.98 Å². The maximum atomic E-state index is 13.3. The van der Waals surface area contributed by atoms with Crippen LogP contribution in [0.1, 0.15) is 51.7 Å². The number of carbonyl (C=O) groups excluding carboxylic acids is 1. The van der Waals surface area contributed by atoms with E-state index in [1.54, 1.807) is 25.2 Å². The SMILES string of the molecule is C[C@@H]1OCc2c(N)nc3ccc(C(=O)N(C)C4COc5cc(C(F)(F)F)ccc54)cc3c21. The molecule has 3 aromatic rings. The summed E-state index contributed by atoms with van der Waals surface area (Å²) < 4.78 is 50.2. The molecule has 3 heterocycles. The predicted molar refractivity (Wildman–Crippen MR) is 111 cm³/mol. The number of hydrogen-bond donors (Lipinski definition) is 1. The summed E-state index contributed by atoms with van der Waals surface area (Å²) >= 11 is 0. The van der Waals surface area contributed by atoms with Crippen molar-refractivity contribution in [1.29, 1.82) is 0 Å². The Hall–Kier alpha value is -3.33. The second-order valence-electron chi connectivity index (χ2n) is 8.07. The fraction of sp³-hybridized carbons (Fsp3) is 0.304. The zero-order valence-electron chi connectivity index (χ0n) is 17.4. The molecule has 0 spiro atoms. The molecule has 2 aliphatic rings. The number of ether oxygens (including phenoxy) is 2. The molecular formula is C23H20F3N3O3. The summed E-state index contributed by atoms with van der Waals surface area (Å²) in [5.41, 5.74) is 8.70. The topological polar surface area (TPSA) is 77.7 Å². The molecule has 0 saturated heterocycles. The zero-order valence-corrected chi connectivity index (χ0v) is 17.4. The molecule has 0 radical (unpaired) electrons. The summed E-state index contributed by atoms with van der Waals surface area (Å²) in [4.78, 5) is 19.2. The molecule has 2 N–H and O–H groups in total. The Labute approximate surface area is 181 Å². The van der Waals surface area contributed by atoms with Crippen molar-refractivity contribution in [1.82, 2.24) is 9.88 Å². The minimum atomic E-state index is -4.46. The Morgan fingerprint density at radius 1 is 1.22 bits per heavy atom. The van der Waals surface area contributed by atoms with Gasteiger partial charge in [-0.05, 0) is 42.8 Å². The molecule has 0 fully saturated rings. The van der Waals surface area contributed by atoms with Crippen molar-refractivity contribution < 1.29 is 27.4 Å². The van der Waals surface area contributed by atoms with Crippen LogP contribution in [0.2, 0.25) is 0 Å². The number of benzene rings is 2. The molecule has 9 heteroatoms. The van der Waals surface area contributed by atoms with Gasteiger partial charge in [0.05, 0.1) is 29.8 Å². The molecule has 1 amide bonds. The summed E-state index contributed by atoms with van der Waals surface area (Å²) in [6.45, 7) is 2.39. The Morgan fingerprint density at radius 2 is 2.00 bits per heavy atom. The molecule has 0 aliphatic carbocycles. The van der Waals surface area contributed by atoms with E-state index in [9.17, 15) is 18.0 Å². The number of likely N-dealkylation sites (N-methyl/N-ethyl adjacent to an activating group) is 1. The molecule has 0 bridgehead atoms. The minimum absolute atomic E-state index is 0.0881. The molecule has 5 rings (SSSR count). The van der Waals surface area contributed by atoms with Crippen LogP contribution in [0.4, 0.5) is 19.0 Å². The highest BCUT2D eigenvalue weighted by Gasteiger charge is 2.36. The maximum Gasteiger partial charge on any atom is 0.416 e. The van der Waals surface area contributed by atoms with Crippen molar-refractivity contribution in [3.63, 3.8) is 0 Å². The van der Waals surface area contributed by atoms with Gasteiger partial charge < -0.3 is 20.1 Å².